The van der Waals surface area contributed by atoms with Gasteiger partial charge in [0.2, 0.25) is 0 Å². The molecule has 2 aliphatic heterocycles. The molecule has 2 aliphatic rings. The third-order valence-corrected chi connectivity index (χ3v) is 5.06. The first kappa shape index (κ1) is 17.5. The van der Waals surface area contributed by atoms with Gasteiger partial charge >= 0.3 is 0 Å². The molecule has 0 spiro atoms. The fraction of sp³-hybridized carbons (Fsp3) is 0.389. The molecule has 0 aromatic carbocycles. The topological polar surface area (TPSA) is 94.5 Å². The number of H-pyrrole nitrogens is 1. The molecule has 2 aromatic heterocycles. The van der Waals surface area contributed by atoms with Gasteiger partial charge in [-0.1, -0.05) is 0 Å². The Kier molecular flexibility index (Phi) is 4.53. The van der Waals surface area contributed by atoms with Crippen molar-refractivity contribution in [2.75, 3.05) is 13.1 Å². The number of carbonyl (C=O) groups excluding carboxylic acids is 1. The number of hydrogen-bond donors (Lipinski definition) is 3. The zero-order chi connectivity index (χ0) is 19.0. The van der Waals surface area contributed by atoms with Crippen molar-refractivity contribution in [1.29, 1.82) is 0 Å². The number of carbonyl (C=O) groups is 1. The minimum atomic E-state index is -0.387. The number of aromatic amines is 1. The average Bonchev–Trinajstić information content (AvgIpc) is 3.16. The second-order valence-corrected chi connectivity index (χ2v) is 6.86. The SMILES string of the molecule is Cn1cc(C(=O)NC2CCN(C3N=CC(F)=CN3)CC2)c2cc[nH]c2c1=O. The van der Waals surface area contributed by atoms with E-state index in [1.54, 1.807) is 25.5 Å². The highest BCUT2D eigenvalue weighted by atomic mass is 19.1. The number of rotatable bonds is 3. The zero-order valence-corrected chi connectivity index (χ0v) is 14.9. The van der Waals surface area contributed by atoms with E-state index >= 15 is 0 Å². The van der Waals surface area contributed by atoms with Gasteiger partial charge in [0.15, 0.2) is 12.1 Å². The molecule has 4 rings (SSSR count). The van der Waals surface area contributed by atoms with Crippen LogP contribution in [-0.4, -0.2) is 52.0 Å². The molecule has 142 valence electrons. The Morgan fingerprint density at radius 3 is 2.85 bits per heavy atom. The van der Waals surface area contributed by atoms with Crippen LogP contribution >= 0.6 is 0 Å². The van der Waals surface area contributed by atoms with Crippen LogP contribution in [0.3, 0.4) is 0 Å². The summed E-state index contributed by atoms with van der Waals surface area (Å²) >= 11 is 0. The Morgan fingerprint density at radius 2 is 2.15 bits per heavy atom. The molecule has 0 radical (unpaired) electrons. The first-order valence-corrected chi connectivity index (χ1v) is 8.89. The lowest BCUT2D eigenvalue weighted by molar-refractivity contribution is 0.0885. The summed E-state index contributed by atoms with van der Waals surface area (Å²) in [5.41, 5.74) is 0.752. The van der Waals surface area contributed by atoms with Gasteiger partial charge < -0.3 is 20.2 Å². The number of amides is 1. The Balaban J connectivity index is 1.41. The number of pyridine rings is 1. The van der Waals surface area contributed by atoms with Gasteiger partial charge in [-0.25, -0.2) is 4.39 Å². The molecule has 1 unspecified atom stereocenters. The van der Waals surface area contributed by atoms with Gasteiger partial charge in [0.1, 0.15) is 5.52 Å². The van der Waals surface area contributed by atoms with Crippen molar-refractivity contribution in [3.63, 3.8) is 0 Å². The van der Waals surface area contributed by atoms with Gasteiger partial charge in [-0.15, -0.1) is 0 Å². The minimum Gasteiger partial charge on any atom is -0.357 e. The Bertz CT molecular complexity index is 983. The second kappa shape index (κ2) is 6.99. The monoisotopic (exact) mass is 372 g/mol. The summed E-state index contributed by atoms with van der Waals surface area (Å²) in [6.45, 7) is 1.48. The minimum absolute atomic E-state index is 0.0415. The van der Waals surface area contributed by atoms with Gasteiger partial charge in [0.05, 0.1) is 11.8 Å². The number of nitrogens with one attached hydrogen (secondary N) is 3. The molecule has 27 heavy (non-hydrogen) atoms. The predicted octanol–water partition coefficient (Wildman–Crippen LogP) is 0.829. The molecule has 9 heteroatoms. The number of nitrogens with zero attached hydrogens (tertiary/aromatic N) is 3. The fourth-order valence-corrected chi connectivity index (χ4v) is 3.58. The van der Waals surface area contributed by atoms with Crippen LogP contribution in [0.5, 0.6) is 0 Å². The molecule has 3 N–H and O–H groups in total. The highest BCUT2D eigenvalue weighted by Gasteiger charge is 2.26. The highest BCUT2D eigenvalue weighted by Crippen LogP contribution is 2.17. The smallest absolute Gasteiger partial charge is 0.274 e. The summed E-state index contributed by atoms with van der Waals surface area (Å²) < 4.78 is 14.4. The van der Waals surface area contributed by atoms with Crippen molar-refractivity contribution in [3.8, 4) is 0 Å². The quantitative estimate of drug-likeness (QED) is 0.744. The van der Waals surface area contributed by atoms with Crippen molar-refractivity contribution in [2.45, 2.75) is 25.2 Å². The molecule has 2 aromatic rings. The standard InChI is InChI=1S/C18H21FN6O2/c1-24-10-14(13-2-5-20-15(13)17(24)27)16(26)23-12-3-6-25(7-4-12)18-21-8-11(19)9-22-18/h2,5,8-10,12,18,20-21H,3-4,6-7H2,1H3,(H,23,26). The number of aryl methyl sites for hydroxylation is 1. The lowest BCUT2D eigenvalue weighted by Crippen LogP contribution is -2.51. The maximum absolute atomic E-state index is 13.0. The first-order valence-electron chi connectivity index (χ1n) is 8.89. The lowest BCUT2D eigenvalue weighted by atomic mass is 10.0. The normalized spacial score (nSPS) is 21.1. The van der Waals surface area contributed by atoms with Crippen LogP contribution in [-0.2, 0) is 7.05 Å². The maximum Gasteiger partial charge on any atom is 0.274 e. The van der Waals surface area contributed by atoms with Crippen molar-refractivity contribution >= 4 is 23.0 Å². The molecule has 1 amide bonds. The second-order valence-electron chi connectivity index (χ2n) is 6.86. The number of hydrogen-bond acceptors (Lipinski definition) is 5. The first-order chi connectivity index (χ1) is 13.0. The summed E-state index contributed by atoms with van der Waals surface area (Å²) in [4.78, 5) is 34.0. The van der Waals surface area contributed by atoms with E-state index < -0.39 is 0 Å². The summed E-state index contributed by atoms with van der Waals surface area (Å²) in [6.07, 6.45) is 7.05. The van der Waals surface area contributed by atoms with E-state index in [0.29, 0.717) is 16.5 Å². The van der Waals surface area contributed by atoms with Crippen LogP contribution in [0.1, 0.15) is 23.2 Å². The fourth-order valence-electron chi connectivity index (χ4n) is 3.58. The number of halogens is 1. The van der Waals surface area contributed by atoms with Crippen molar-refractivity contribution in [1.82, 2.24) is 25.1 Å². The third kappa shape index (κ3) is 3.37. The number of piperidine rings is 1. The van der Waals surface area contributed by atoms with E-state index in [9.17, 15) is 14.0 Å². The highest BCUT2D eigenvalue weighted by molar-refractivity contribution is 6.06. The summed E-state index contributed by atoms with van der Waals surface area (Å²) in [5, 5.41) is 6.61. The Labute approximate surface area is 154 Å². The van der Waals surface area contributed by atoms with Gasteiger partial charge in [-0.05, 0) is 18.9 Å². The van der Waals surface area contributed by atoms with Gasteiger partial charge in [0.25, 0.3) is 11.5 Å². The number of allylic oxidation sites excluding steroid dienone is 1. The van der Waals surface area contributed by atoms with E-state index in [4.69, 9.17) is 0 Å². The van der Waals surface area contributed by atoms with Gasteiger partial charge in [0, 0.05) is 50.2 Å². The molecule has 8 nitrogen and oxygen atoms in total. The molecule has 1 atom stereocenters. The van der Waals surface area contributed by atoms with Crippen molar-refractivity contribution < 1.29 is 9.18 Å². The van der Waals surface area contributed by atoms with E-state index in [1.165, 1.54) is 17.0 Å². The van der Waals surface area contributed by atoms with Crippen molar-refractivity contribution in [3.05, 3.63) is 46.4 Å². The number of aromatic nitrogens is 2. The van der Waals surface area contributed by atoms with Gasteiger partial charge in [-0.3, -0.25) is 19.5 Å². The van der Waals surface area contributed by atoms with Gasteiger partial charge in [-0.2, -0.15) is 0 Å². The number of fused-ring (bicyclic) bond motifs is 1. The van der Waals surface area contributed by atoms with Crippen LogP contribution in [0.4, 0.5) is 4.39 Å². The molecule has 0 aliphatic carbocycles. The van der Waals surface area contributed by atoms with Crippen LogP contribution < -0.4 is 16.2 Å². The summed E-state index contributed by atoms with van der Waals surface area (Å²) in [6, 6.07) is 1.79. The average molecular weight is 372 g/mol. The molecule has 0 saturated carbocycles. The number of likely N-dealkylation sites (tertiary alicyclic amines) is 1. The number of aliphatic imine (C=N–C) groups is 1. The third-order valence-electron chi connectivity index (χ3n) is 5.06. The Morgan fingerprint density at radius 1 is 1.37 bits per heavy atom. The summed E-state index contributed by atoms with van der Waals surface area (Å²) in [7, 11) is 1.63. The molecular formula is C18H21FN6O2. The maximum atomic E-state index is 13.0. The Hall–Kier alpha value is -2.94. The van der Waals surface area contributed by atoms with Crippen molar-refractivity contribution in [2.24, 2.45) is 12.0 Å². The van der Waals surface area contributed by atoms with Crippen LogP contribution in [0, 0.1) is 0 Å². The molecule has 0 bridgehead atoms. The molecule has 1 saturated heterocycles. The summed E-state index contributed by atoms with van der Waals surface area (Å²) in [5.74, 6) is -0.575. The zero-order valence-electron chi connectivity index (χ0n) is 14.9. The lowest BCUT2D eigenvalue weighted by Gasteiger charge is -2.36. The van der Waals surface area contributed by atoms with E-state index in [1.807, 2.05) is 0 Å². The molecule has 1 fully saturated rings. The van der Waals surface area contributed by atoms with E-state index in [-0.39, 0.29) is 29.6 Å². The van der Waals surface area contributed by atoms with Crippen LogP contribution in [0.2, 0.25) is 0 Å². The molecule has 4 heterocycles. The molecular weight excluding hydrogens is 351 g/mol. The largest absolute Gasteiger partial charge is 0.357 e. The van der Waals surface area contributed by atoms with E-state index in [2.05, 4.69) is 25.5 Å². The van der Waals surface area contributed by atoms with E-state index in [0.717, 1.165) is 25.9 Å². The predicted molar refractivity (Wildman–Crippen MR) is 100 cm³/mol. The van der Waals surface area contributed by atoms with Crippen LogP contribution in [0.15, 0.2) is 40.3 Å². The van der Waals surface area contributed by atoms with Crippen LogP contribution in [0.25, 0.3) is 10.9 Å².